The fourth-order valence-electron chi connectivity index (χ4n) is 1.38. The Hall–Kier alpha value is -1.60. The van der Waals surface area contributed by atoms with Crippen LogP contribution in [0.1, 0.15) is 17.2 Å². The van der Waals surface area contributed by atoms with Crippen molar-refractivity contribution in [3.05, 3.63) is 29.1 Å². The third kappa shape index (κ3) is 1.32. The summed E-state index contributed by atoms with van der Waals surface area (Å²) in [6, 6.07) is 4.63. The number of nitriles is 1. The maximum absolute atomic E-state index is 13.2. The highest BCUT2D eigenvalue weighted by Gasteiger charge is 2.30. The van der Waals surface area contributed by atoms with Gasteiger partial charge in [0.1, 0.15) is 29.3 Å². The Bertz CT molecular complexity index is 407. The molecule has 0 N–H and O–H groups in total. The van der Waals surface area contributed by atoms with Crippen molar-refractivity contribution in [2.45, 2.75) is 6.10 Å². The molecular formula is C10H8FNO2. The van der Waals surface area contributed by atoms with Crippen LogP contribution >= 0.6 is 0 Å². The van der Waals surface area contributed by atoms with Crippen molar-refractivity contribution in [3.8, 4) is 11.8 Å². The first-order chi connectivity index (χ1) is 6.77. The van der Waals surface area contributed by atoms with Crippen LogP contribution in [0.2, 0.25) is 0 Å². The van der Waals surface area contributed by atoms with E-state index in [-0.39, 0.29) is 17.4 Å². The van der Waals surface area contributed by atoms with Crippen molar-refractivity contribution < 1.29 is 13.9 Å². The van der Waals surface area contributed by atoms with Gasteiger partial charge in [-0.3, -0.25) is 0 Å². The molecule has 1 fully saturated rings. The number of methoxy groups -OCH3 is 1. The summed E-state index contributed by atoms with van der Waals surface area (Å²) in [5, 5.41) is 8.75. The van der Waals surface area contributed by atoms with Crippen molar-refractivity contribution in [2.24, 2.45) is 0 Å². The van der Waals surface area contributed by atoms with E-state index in [4.69, 9.17) is 14.7 Å². The standard InChI is InChI=1S/C10H8FNO2/c1-13-10-6(9-5-14-9)2-3-8(11)7(10)4-12/h2-3,9H,5H2,1H3. The van der Waals surface area contributed by atoms with Gasteiger partial charge in [0.2, 0.25) is 0 Å². The van der Waals surface area contributed by atoms with Crippen LogP contribution in [0, 0.1) is 17.1 Å². The average Bonchev–Trinajstić information content (AvgIpc) is 3.00. The highest BCUT2D eigenvalue weighted by Crippen LogP contribution is 2.38. The first kappa shape index (κ1) is 8.97. The van der Waals surface area contributed by atoms with E-state index in [1.54, 1.807) is 12.1 Å². The smallest absolute Gasteiger partial charge is 0.145 e. The summed E-state index contributed by atoms with van der Waals surface area (Å²) in [7, 11) is 1.42. The second-order valence-electron chi connectivity index (χ2n) is 2.98. The summed E-state index contributed by atoms with van der Waals surface area (Å²) in [4.78, 5) is 0. The van der Waals surface area contributed by atoms with E-state index in [0.29, 0.717) is 6.61 Å². The van der Waals surface area contributed by atoms with Gasteiger partial charge < -0.3 is 9.47 Å². The second-order valence-corrected chi connectivity index (χ2v) is 2.98. The molecule has 1 aromatic carbocycles. The molecule has 72 valence electrons. The van der Waals surface area contributed by atoms with Gasteiger partial charge in [0, 0.05) is 5.56 Å². The van der Waals surface area contributed by atoms with Gasteiger partial charge in [-0.15, -0.1) is 0 Å². The molecule has 1 saturated heterocycles. The van der Waals surface area contributed by atoms with Crippen LogP contribution in [0.4, 0.5) is 4.39 Å². The summed E-state index contributed by atoms with van der Waals surface area (Å²) in [6.45, 7) is 0.604. The van der Waals surface area contributed by atoms with Crippen LogP contribution in [0.15, 0.2) is 12.1 Å². The van der Waals surface area contributed by atoms with Gasteiger partial charge in [-0.25, -0.2) is 4.39 Å². The Balaban J connectivity index is 2.57. The highest BCUT2D eigenvalue weighted by atomic mass is 19.1. The molecule has 0 aromatic heterocycles. The fraction of sp³-hybridized carbons (Fsp3) is 0.300. The molecule has 0 spiro atoms. The molecular weight excluding hydrogens is 185 g/mol. The Kier molecular flexibility index (Phi) is 2.10. The van der Waals surface area contributed by atoms with Crippen LogP contribution in [-0.4, -0.2) is 13.7 Å². The van der Waals surface area contributed by atoms with E-state index in [9.17, 15) is 4.39 Å². The van der Waals surface area contributed by atoms with Gasteiger partial charge in [-0.2, -0.15) is 5.26 Å². The van der Waals surface area contributed by atoms with E-state index >= 15 is 0 Å². The summed E-state index contributed by atoms with van der Waals surface area (Å²) >= 11 is 0. The van der Waals surface area contributed by atoms with Gasteiger partial charge in [0.25, 0.3) is 0 Å². The molecule has 1 aliphatic heterocycles. The van der Waals surface area contributed by atoms with E-state index < -0.39 is 5.82 Å². The number of hydrogen-bond acceptors (Lipinski definition) is 3. The topological polar surface area (TPSA) is 45.5 Å². The molecule has 1 heterocycles. The third-order valence-electron chi connectivity index (χ3n) is 2.13. The van der Waals surface area contributed by atoms with E-state index in [0.717, 1.165) is 5.56 Å². The van der Waals surface area contributed by atoms with E-state index in [1.807, 2.05) is 0 Å². The number of epoxide rings is 1. The maximum atomic E-state index is 13.2. The van der Waals surface area contributed by atoms with Gasteiger partial charge in [0.15, 0.2) is 0 Å². The lowest BCUT2D eigenvalue weighted by molar-refractivity contribution is 0.380. The van der Waals surface area contributed by atoms with Crippen molar-refractivity contribution in [1.29, 1.82) is 5.26 Å². The van der Waals surface area contributed by atoms with Crippen molar-refractivity contribution in [3.63, 3.8) is 0 Å². The Labute approximate surface area is 80.7 Å². The predicted octanol–water partition coefficient (Wildman–Crippen LogP) is 1.78. The zero-order valence-corrected chi connectivity index (χ0v) is 7.58. The quantitative estimate of drug-likeness (QED) is 0.672. The molecule has 4 heteroatoms. The van der Waals surface area contributed by atoms with E-state index in [2.05, 4.69) is 0 Å². The first-order valence-corrected chi connectivity index (χ1v) is 4.16. The minimum absolute atomic E-state index is 0.0438. The summed E-state index contributed by atoms with van der Waals surface area (Å²) in [5.41, 5.74) is 0.686. The van der Waals surface area contributed by atoms with Crippen LogP contribution < -0.4 is 4.74 Å². The molecule has 1 atom stereocenters. The van der Waals surface area contributed by atoms with Crippen molar-refractivity contribution >= 4 is 0 Å². The molecule has 0 amide bonds. The van der Waals surface area contributed by atoms with Crippen LogP contribution in [0.25, 0.3) is 0 Å². The molecule has 1 aliphatic rings. The largest absolute Gasteiger partial charge is 0.495 e. The number of nitrogens with zero attached hydrogens (tertiary/aromatic N) is 1. The lowest BCUT2D eigenvalue weighted by atomic mass is 10.1. The summed E-state index contributed by atoms with van der Waals surface area (Å²) < 4.78 is 23.2. The number of hydrogen-bond donors (Lipinski definition) is 0. The molecule has 0 radical (unpaired) electrons. The van der Waals surface area contributed by atoms with Crippen LogP contribution in [-0.2, 0) is 4.74 Å². The maximum Gasteiger partial charge on any atom is 0.145 e. The fourth-order valence-corrected chi connectivity index (χ4v) is 1.38. The van der Waals surface area contributed by atoms with Gasteiger partial charge >= 0.3 is 0 Å². The van der Waals surface area contributed by atoms with Crippen molar-refractivity contribution in [2.75, 3.05) is 13.7 Å². The monoisotopic (exact) mass is 193 g/mol. The Morgan fingerprint density at radius 2 is 2.36 bits per heavy atom. The van der Waals surface area contributed by atoms with Gasteiger partial charge in [-0.05, 0) is 12.1 Å². The summed E-state index contributed by atoms with van der Waals surface area (Å²) in [6.07, 6.45) is -0.0438. The third-order valence-corrected chi connectivity index (χ3v) is 2.13. The minimum atomic E-state index is -0.561. The number of rotatable bonds is 2. The number of ether oxygens (including phenoxy) is 2. The first-order valence-electron chi connectivity index (χ1n) is 4.16. The van der Waals surface area contributed by atoms with Crippen molar-refractivity contribution in [1.82, 2.24) is 0 Å². The second kappa shape index (κ2) is 3.28. The molecule has 0 bridgehead atoms. The summed E-state index contributed by atoms with van der Waals surface area (Å²) in [5.74, 6) is -0.274. The molecule has 3 nitrogen and oxygen atoms in total. The Morgan fingerprint density at radius 3 is 2.86 bits per heavy atom. The zero-order chi connectivity index (χ0) is 10.1. The predicted molar refractivity (Wildman–Crippen MR) is 46.4 cm³/mol. The highest BCUT2D eigenvalue weighted by molar-refractivity contribution is 5.51. The van der Waals surface area contributed by atoms with Gasteiger partial charge in [0.05, 0.1) is 13.7 Å². The SMILES string of the molecule is COc1c(C2CO2)ccc(F)c1C#N. The van der Waals surface area contributed by atoms with Crippen LogP contribution in [0.5, 0.6) is 5.75 Å². The molecule has 0 saturated carbocycles. The molecule has 1 aromatic rings. The molecule has 1 unspecified atom stereocenters. The zero-order valence-electron chi connectivity index (χ0n) is 7.58. The average molecular weight is 193 g/mol. The number of benzene rings is 1. The lowest BCUT2D eigenvalue weighted by Gasteiger charge is -2.08. The number of halogens is 1. The Morgan fingerprint density at radius 1 is 1.64 bits per heavy atom. The normalized spacial score (nSPS) is 18.8. The van der Waals surface area contributed by atoms with Crippen LogP contribution in [0.3, 0.4) is 0 Å². The van der Waals surface area contributed by atoms with Gasteiger partial charge in [-0.1, -0.05) is 0 Å². The molecule has 0 aliphatic carbocycles. The van der Waals surface area contributed by atoms with E-state index in [1.165, 1.54) is 13.2 Å². The molecule has 2 rings (SSSR count). The minimum Gasteiger partial charge on any atom is -0.495 e. The molecule has 14 heavy (non-hydrogen) atoms. The lowest BCUT2D eigenvalue weighted by Crippen LogP contribution is -1.97.